The molecule has 0 unspecified atom stereocenters. The summed E-state index contributed by atoms with van der Waals surface area (Å²) in [4.78, 5) is 0. The highest BCUT2D eigenvalue weighted by molar-refractivity contribution is 6.93. The summed E-state index contributed by atoms with van der Waals surface area (Å²) < 4.78 is 22.4. The second-order valence-corrected chi connectivity index (χ2v) is 3.44. The zero-order chi connectivity index (χ0) is 5.70. The zero-order valence-electron chi connectivity index (χ0n) is 3.83. The molecule has 0 aliphatic heterocycles. The lowest BCUT2D eigenvalue weighted by Crippen LogP contribution is -1.89. The van der Waals surface area contributed by atoms with Gasteiger partial charge in [-0.1, -0.05) is 0 Å². The van der Waals surface area contributed by atoms with Gasteiger partial charge in [-0.25, -0.2) is 8.78 Å². The van der Waals surface area contributed by atoms with E-state index >= 15 is 0 Å². The minimum atomic E-state index is -2.15. The van der Waals surface area contributed by atoms with Gasteiger partial charge in [0.2, 0.25) is 6.43 Å². The van der Waals surface area contributed by atoms with E-state index in [0.717, 1.165) is 0 Å². The van der Waals surface area contributed by atoms with Crippen LogP contribution in [0.4, 0.5) is 8.78 Å². The Labute approximate surface area is 48.4 Å². The maximum Gasteiger partial charge on any atom is 0.238 e. The molecule has 0 amide bonds. The predicted molar refractivity (Wildman–Crippen MR) is 29.8 cm³/mol. The van der Waals surface area contributed by atoms with Crippen molar-refractivity contribution in [3.63, 3.8) is 0 Å². The van der Waals surface area contributed by atoms with Crippen molar-refractivity contribution in [2.75, 3.05) is 0 Å². The maximum absolute atomic E-state index is 11.2. The quantitative estimate of drug-likeness (QED) is 0.415. The molecule has 0 aliphatic carbocycles. The van der Waals surface area contributed by atoms with Gasteiger partial charge in [0.25, 0.3) is 0 Å². The Hall–Kier alpha value is 0.367. The van der Waals surface area contributed by atoms with Crippen LogP contribution in [0.25, 0.3) is 0 Å². The Balaban J connectivity index is 2.68. The molecule has 0 rings (SSSR count). The molecule has 0 atom stereocenters. The molecule has 44 valence electrons. The predicted octanol–water partition coefficient (Wildman–Crippen LogP) is 1.38. The number of hydrogen-bond donors (Lipinski definition) is 0. The van der Waals surface area contributed by atoms with Gasteiger partial charge in [0, 0.05) is 6.42 Å². The Bertz CT molecular complexity index is 41.9. The molecule has 0 aliphatic rings. The highest BCUT2D eigenvalue weighted by Crippen LogP contribution is 2.02. The third-order valence-corrected chi connectivity index (χ3v) is 2.03. The molecule has 0 fully saturated rings. The Kier molecular flexibility index (Phi) is 4.76. The minimum absolute atomic E-state index is 0.00424. The molecule has 0 aromatic rings. The second kappa shape index (κ2) is 4.52. The molecule has 0 radical (unpaired) electrons. The topological polar surface area (TPSA) is 0 Å². The molecule has 0 N–H and O–H groups in total. The highest BCUT2D eigenvalue weighted by Gasteiger charge is 1.98. The molecule has 0 spiro atoms. The number of hydrogen-bond acceptors (Lipinski definition) is 0. The van der Waals surface area contributed by atoms with Crippen LogP contribution in [0.1, 0.15) is 6.42 Å². The van der Waals surface area contributed by atoms with E-state index in [-0.39, 0.29) is 6.42 Å². The van der Waals surface area contributed by atoms with Crippen molar-refractivity contribution < 1.29 is 8.78 Å². The number of rotatable bonds is 3. The summed E-state index contributed by atoms with van der Waals surface area (Å²) in [5.74, 6) is 0. The molecular weight excluding hydrogens is 138 g/mol. The van der Waals surface area contributed by atoms with Crippen molar-refractivity contribution in [3.8, 4) is 0 Å². The first kappa shape index (κ1) is 7.37. The van der Waals surface area contributed by atoms with Gasteiger partial charge in [0.05, 0.1) is 0 Å². The van der Waals surface area contributed by atoms with Crippen LogP contribution in [0, 0.1) is 0 Å². The summed E-state index contributed by atoms with van der Waals surface area (Å²) in [5, 5.41) is 0. The Morgan fingerprint density at radius 2 is 2.14 bits per heavy atom. The number of alkyl halides is 2. The average Bonchev–Trinajstić information content (AvgIpc) is 1.61. The van der Waals surface area contributed by atoms with Gasteiger partial charge in [0.15, 0.2) is 0 Å². The summed E-state index contributed by atoms with van der Waals surface area (Å²) >= 11 is 5.25. The Morgan fingerprint density at radius 1 is 1.57 bits per heavy atom. The standard InChI is InChI=1S/C3H7ClF2Si/c4-7-2-1-3(5)6/h3H,1-2,7H2. The number of halogens is 3. The fraction of sp³-hybridized carbons (Fsp3) is 1.00. The third-order valence-electron chi connectivity index (χ3n) is 0.556. The van der Waals surface area contributed by atoms with Crippen LogP contribution in [0.15, 0.2) is 0 Å². The van der Waals surface area contributed by atoms with Crippen LogP contribution in [-0.2, 0) is 0 Å². The van der Waals surface area contributed by atoms with Crippen LogP contribution >= 0.6 is 11.1 Å². The summed E-state index contributed by atoms with van der Waals surface area (Å²) in [6, 6.07) is 0.555. The van der Waals surface area contributed by atoms with Crippen molar-refractivity contribution in [2.45, 2.75) is 18.9 Å². The third kappa shape index (κ3) is 6.37. The normalized spacial score (nSPS) is 12.0. The van der Waals surface area contributed by atoms with Gasteiger partial charge in [-0.2, -0.15) is 11.1 Å². The fourth-order valence-corrected chi connectivity index (χ4v) is 1.16. The lowest BCUT2D eigenvalue weighted by molar-refractivity contribution is 0.144. The van der Waals surface area contributed by atoms with Gasteiger partial charge in [0.1, 0.15) is 8.83 Å². The SMILES string of the molecule is FC(F)CC[SiH2]Cl. The molecule has 4 heteroatoms. The lowest BCUT2D eigenvalue weighted by Gasteiger charge is -1.90. The van der Waals surface area contributed by atoms with Crippen molar-refractivity contribution in [2.24, 2.45) is 0 Å². The summed E-state index contributed by atoms with van der Waals surface area (Å²) in [7, 11) is -0.637. The molecular formula is C3H7ClF2Si. The first-order valence-corrected chi connectivity index (χ1v) is 5.25. The monoisotopic (exact) mass is 144 g/mol. The van der Waals surface area contributed by atoms with E-state index in [4.69, 9.17) is 11.1 Å². The fourth-order valence-electron chi connectivity index (χ4n) is 0.231. The molecule has 0 aromatic heterocycles. The molecule has 0 heterocycles. The summed E-state index contributed by atoms with van der Waals surface area (Å²) in [5.41, 5.74) is 0. The second-order valence-electron chi connectivity index (χ2n) is 1.22. The van der Waals surface area contributed by atoms with Crippen molar-refractivity contribution in [3.05, 3.63) is 0 Å². The maximum atomic E-state index is 11.2. The van der Waals surface area contributed by atoms with E-state index in [2.05, 4.69) is 0 Å². The minimum Gasteiger partial charge on any atom is -0.211 e. The van der Waals surface area contributed by atoms with Crippen molar-refractivity contribution in [1.29, 1.82) is 0 Å². The molecule has 0 nitrogen and oxygen atoms in total. The van der Waals surface area contributed by atoms with Crippen molar-refractivity contribution >= 4 is 19.9 Å². The van der Waals surface area contributed by atoms with Gasteiger partial charge in [-0.05, 0) is 6.04 Å². The lowest BCUT2D eigenvalue weighted by atomic mass is 10.5. The molecule has 0 saturated heterocycles. The molecule has 0 saturated carbocycles. The first-order valence-electron chi connectivity index (χ1n) is 2.11. The largest absolute Gasteiger partial charge is 0.238 e. The van der Waals surface area contributed by atoms with E-state index in [0.29, 0.717) is 6.04 Å². The van der Waals surface area contributed by atoms with E-state index in [1.807, 2.05) is 0 Å². The van der Waals surface area contributed by atoms with Gasteiger partial charge < -0.3 is 0 Å². The first-order chi connectivity index (χ1) is 3.27. The van der Waals surface area contributed by atoms with E-state index in [1.165, 1.54) is 0 Å². The molecule has 0 aromatic carbocycles. The van der Waals surface area contributed by atoms with E-state index in [9.17, 15) is 8.78 Å². The smallest absolute Gasteiger partial charge is 0.211 e. The van der Waals surface area contributed by atoms with Crippen LogP contribution < -0.4 is 0 Å². The summed E-state index contributed by atoms with van der Waals surface area (Å²) in [6.07, 6.45) is -2.15. The highest BCUT2D eigenvalue weighted by atomic mass is 35.6. The van der Waals surface area contributed by atoms with Crippen LogP contribution in [0.3, 0.4) is 0 Å². The van der Waals surface area contributed by atoms with Gasteiger partial charge in [-0.15, -0.1) is 0 Å². The van der Waals surface area contributed by atoms with Gasteiger partial charge in [-0.3, -0.25) is 0 Å². The van der Waals surface area contributed by atoms with E-state index in [1.54, 1.807) is 0 Å². The Morgan fingerprint density at radius 3 is 2.29 bits per heavy atom. The van der Waals surface area contributed by atoms with Gasteiger partial charge >= 0.3 is 0 Å². The van der Waals surface area contributed by atoms with Crippen LogP contribution in [0.2, 0.25) is 6.04 Å². The molecule has 7 heavy (non-hydrogen) atoms. The van der Waals surface area contributed by atoms with Crippen LogP contribution in [0.5, 0.6) is 0 Å². The van der Waals surface area contributed by atoms with Crippen LogP contribution in [-0.4, -0.2) is 15.3 Å². The van der Waals surface area contributed by atoms with Crippen molar-refractivity contribution in [1.82, 2.24) is 0 Å². The zero-order valence-corrected chi connectivity index (χ0v) is 6.00. The molecule has 0 bridgehead atoms. The summed E-state index contributed by atoms with van der Waals surface area (Å²) in [6.45, 7) is 0. The van der Waals surface area contributed by atoms with E-state index < -0.39 is 15.3 Å². The average molecular weight is 145 g/mol.